The Balaban J connectivity index is 1.66. The third-order valence-electron chi connectivity index (χ3n) is 3.98. The van der Waals surface area contributed by atoms with Crippen LogP contribution in [0.5, 0.6) is 0 Å². The summed E-state index contributed by atoms with van der Waals surface area (Å²) in [6, 6.07) is 0.680. The maximum atomic E-state index is 4.61. The normalized spacial score (nSPS) is 25.3. The fraction of sp³-hybridized carbons (Fsp3) is 0.786. The molecule has 2 fully saturated rings. The Bertz CT molecular complexity index is 408. The first-order valence-corrected chi connectivity index (χ1v) is 7.19. The summed E-state index contributed by atoms with van der Waals surface area (Å²) in [5.74, 6) is 1.86. The van der Waals surface area contributed by atoms with E-state index in [-0.39, 0.29) is 0 Å². The van der Waals surface area contributed by atoms with Crippen LogP contribution in [0.3, 0.4) is 0 Å². The van der Waals surface area contributed by atoms with Crippen molar-refractivity contribution in [2.45, 2.75) is 45.2 Å². The van der Waals surface area contributed by atoms with Gasteiger partial charge in [0.15, 0.2) is 0 Å². The van der Waals surface area contributed by atoms with Crippen molar-refractivity contribution in [1.82, 2.24) is 14.5 Å². The van der Waals surface area contributed by atoms with Crippen molar-refractivity contribution in [2.75, 3.05) is 25.5 Å². The van der Waals surface area contributed by atoms with Gasteiger partial charge in [-0.15, -0.1) is 0 Å². The molecule has 3 rings (SSSR count). The third-order valence-corrected chi connectivity index (χ3v) is 3.98. The van der Waals surface area contributed by atoms with Gasteiger partial charge >= 0.3 is 0 Å². The molecule has 1 aliphatic carbocycles. The number of nitrogens with one attached hydrogen (secondary N) is 1. The summed E-state index contributed by atoms with van der Waals surface area (Å²) in [5, 5.41) is 3.54. The lowest BCUT2D eigenvalue weighted by Crippen LogP contribution is -2.34. The van der Waals surface area contributed by atoms with Gasteiger partial charge in [-0.3, -0.25) is 0 Å². The zero-order valence-electron chi connectivity index (χ0n) is 11.5. The standard InChI is InChI=1S/C14H24N4/c1-11-8-18(14(15-11)16-13-5-6-13)10-12-4-3-7-17(2)9-12/h8,12-13H,3-7,9-10H2,1-2H3,(H,15,16). The van der Waals surface area contributed by atoms with Crippen LogP contribution in [0.2, 0.25) is 0 Å². The van der Waals surface area contributed by atoms with Crippen molar-refractivity contribution in [3.8, 4) is 0 Å². The first-order valence-electron chi connectivity index (χ1n) is 7.19. The number of hydrogen-bond acceptors (Lipinski definition) is 3. The van der Waals surface area contributed by atoms with Crippen LogP contribution in [-0.4, -0.2) is 40.6 Å². The van der Waals surface area contributed by atoms with E-state index >= 15 is 0 Å². The van der Waals surface area contributed by atoms with Gasteiger partial charge in [0.05, 0.1) is 5.69 Å². The van der Waals surface area contributed by atoms with Crippen LogP contribution in [0.1, 0.15) is 31.4 Å². The topological polar surface area (TPSA) is 33.1 Å². The van der Waals surface area contributed by atoms with Crippen LogP contribution < -0.4 is 5.32 Å². The Morgan fingerprint density at radius 1 is 1.39 bits per heavy atom. The molecule has 4 heteroatoms. The van der Waals surface area contributed by atoms with E-state index in [0.29, 0.717) is 6.04 Å². The Morgan fingerprint density at radius 2 is 2.22 bits per heavy atom. The molecule has 1 N–H and O–H groups in total. The van der Waals surface area contributed by atoms with Gasteiger partial charge in [-0.1, -0.05) is 0 Å². The Hall–Kier alpha value is -1.03. The molecule has 0 aromatic carbocycles. The molecule has 0 amide bonds. The van der Waals surface area contributed by atoms with Crippen molar-refractivity contribution in [2.24, 2.45) is 5.92 Å². The number of aryl methyl sites for hydroxylation is 1. The molecule has 0 bridgehead atoms. The van der Waals surface area contributed by atoms with Crippen LogP contribution >= 0.6 is 0 Å². The molecule has 0 spiro atoms. The quantitative estimate of drug-likeness (QED) is 0.886. The summed E-state index contributed by atoms with van der Waals surface area (Å²) in [6.45, 7) is 5.68. The van der Waals surface area contributed by atoms with E-state index in [9.17, 15) is 0 Å². The number of piperidine rings is 1. The Morgan fingerprint density at radius 3 is 2.94 bits per heavy atom. The highest BCUT2D eigenvalue weighted by molar-refractivity contribution is 5.32. The molecule has 4 nitrogen and oxygen atoms in total. The number of likely N-dealkylation sites (tertiary alicyclic amines) is 1. The molecular formula is C14H24N4. The molecule has 2 aliphatic rings. The summed E-state index contributed by atoms with van der Waals surface area (Å²) in [6.07, 6.45) is 7.49. The molecule has 1 aromatic rings. The highest BCUT2D eigenvalue weighted by Gasteiger charge is 2.24. The van der Waals surface area contributed by atoms with Crippen LogP contribution in [0, 0.1) is 12.8 Å². The second-order valence-corrected chi connectivity index (χ2v) is 6.05. The predicted octanol–water partition coefficient (Wildman–Crippen LogP) is 2.11. The van der Waals surface area contributed by atoms with Gasteiger partial charge in [0, 0.05) is 25.3 Å². The van der Waals surface area contributed by atoms with Gasteiger partial charge in [-0.05, 0) is 52.1 Å². The van der Waals surface area contributed by atoms with Gasteiger partial charge < -0.3 is 14.8 Å². The van der Waals surface area contributed by atoms with E-state index in [1.807, 2.05) is 0 Å². The smallest absolute Gasteiger partial charge is 0.203 e. The van der Waals surface area contributed by atoms with Gasteiger partial charge in [0.2, 0.25) is 5.95 Å². The summed E-state index contributed by atoms with van der Waals surface area (Å²) < 4.78 is 2.33. The molecule has 1 unspecified atom stereocenters. The van der Waals surface area contributed by atoms with E-state index in [0.717, 1.165) is 24.1 Å². The van der Waals surface area contributed by atoms with Crippen molar-refractivity contribution in [1.29, 1.82) is 0 Å². The lowest BCUT2D eigenvalue weighted by Gasteiger charge is -2.30. The molecule has 0 radical (unpaired) electrons. The molecule has 18 heavy (non-hydrogen) atoms. The van der Waals surface area contributed by atoms with Crippen molar-refractivity contribution in [3.63, 3.8) is 0 Å². The van der Waals surface area contributed by atoms with Crippen molar-refractivity contribution in [3.05, 3.63) is 11.9 Å². The number of imidazole rings is 1. The monoisotopic (exact) mass is 248 g/mol. The molecule has 1 aromatic heterocycles. The van der Waals surface area contributed by atoms with E-state index in [2.05, 4.69) is 39.9 Å². The maximum absolute atomic E-state index is 4.61. The summed E-state index contributed by atoms with van der Waals surface area (Å²) in [5.41, 5.74) is 1.13. The van der Waals surface area contributed by atoms with E-state index in [1.54, 1.807) is 0 Å². The predicted molar refractivity (Wildman–Crippen MR) is 73.8 cm³/mol. The highest BCUT2D eigenvalue weighted by atomic mass is 15.2. The van der Waals surface area contributed by atoms with Crippen molar-refractivity contribution >= 4 is 5.95 Å². The summed E-state index contributed by atoms with van der Waals surface area (Å²) in [4.78, 5) is 7.06. The van der Waals surface area contributed by atoms with Gasteiger partial charge in [-0.25, -0.2) is 4.98 Å². The van der Waals surface area contributed by atoms with E-state index in [4.69, 9.17) is 0 Å². The average molecular weight is 248 g/mol. The molecule has 1 saturated carbocycles. The zero-order valence-corrected chi connectivity index (χ0v) is 11.5. The number of nitrogens with zero attached hydrogens (tertiary/aromatic N) is 3. The fourth-order valence-electron chi connectivity index (χ4n) is 2.91. The second kappa shape index (κ2) is 4.92. The number of rotatable bonds is 4. The molecule has 1 saturated heterocycles. The van der Waals surface area contributed by atoms with Crippen molar-refractivity contribution < 1.29 is 0 Å². The SMILES string of the molecule is Cc1cn(CC2CCCN(C)C2)c(NC2CC2)n1. The minimum absolute atomic E-state index is 0.680. The van der Waals surface area contributed by atoms with Gasteiger partial charge in [-0.2, -0.15) is 0 Å². The largest absolute Gasteiger partial charge is 0.353 e. The minimum atomic E-state index is 0.680. The van der Waals surface area contributed by atoms with Crippen LogP contribution in [-0.2, 0) is 6.54 Å². The summed E-state index contributed by atoms with van der Waals surface area (Å²) >= 11 is 0. The number of hydrogen-bond donors (Lipinski definition) is 1. The maximum Gasteiger partial charge on any atom is 0.203 e. The van der Waals surface area contributed by atoms with Gasteiger partial charge in [0.1, 0.15) is 0 Å². The van der Waals surface area contributed by atoms with E-state index in [1.165, 1.54) is 38.8 Å². The lowest BCUT2D eigenvalue weighted by atomic mass is 9.98. The number of anilines is 1. The average Bonchev–Trinajstić information content (AvgIpc) is 3.05. The number of aromatic nitrogens is 2. The molecule has 2 heterocycles. The highest BCUT2D eigenvalue weighted by Crippen LogP contribution is 2.25. The second-order valence-electron chi connectivity index (χ2n) is 6.05. The molecule has 1 atom stereocenters. The Kier molecular flexibility index (Phi) is 3.29. The molecular weight excluding hydrogens is 224 g/mol. The van der Waals surface area contributed by atoms with Crippen LogP contribution in [0.4, 0.5) is 5.95 Å². The van der Waals surface area contributed by atoms with E-state index < -0.39 is 0 Å². The fourth-order valence-corrected chi connectivity index (χ4v) is 2.91. The van der Waals surface area contributed by atoms with Gasteiger partial charge in [0.25, 0.3) is 0 Å². The third kappa shape index (κ3) is 2.86. The zero-order chi connectivity index (χ0) is 12.5. The first-order chi connectivity index (χ1) is 8.70. The lowest BCUT2D eigenvalue weighted by molar-refractivity contribution is 0.195. The molecule has 1 aliphatic heterocycles. The Labute approximate surface area is 109 Å². The summed E-state index contributed by atoms with van der Waals surface area (Å²) in [7, 11) is 2.23. The van der Waals surface area contributed by atoms with Crippen LogP contribution in [0.25, 0.3) is 0 Å². The first kappa shape index (κ1) is 12.0. The molecule has 100 valence electrons. The van der Waals surface area contributed by atoms with Crippen LogP contribution in [0.15, 0.2) is 6.20 Å². The minimum Gasteiger partial charge on any atom is -0.353 e.